The van der Waals surface area contributed by atoms with Crippen LogP contribution in [0.3, 0.4) is 0 Å². The van der Waals surface area contributed by atoms with Gasteiger partial charge >= 0.3 is 0 Å². The Kier molecular flexibility index (Phi) is 5.48. The second kappa shape index (κ2) is 7.14. The van der Waals surface area contributed by atoms with Gasteiger partial charge in [-0.15, -0.1) is 0 Å². The molecule has 0 saturated carbocycles. The molecule has 0 fully saturated rings. The maximum Gasteiger partial charge on any atom is 0.243 e. The number of nitrogens with two attached hydrogens (primary N) is 2. The van der Waals surface area contributed by atoms with E-state index in [1.54, 1.807) is 6.07 Å². The molecule has 6 nitrogen and oxygen atoms in total. The van der Waals surface area contributed by atoms with E-state index in [0.29, 0.717) is 18.8 Å². The van der Waals surface area contributed by atoms with Crippen LogP contribution in [0, 0.1) is 11.3 Å². The van der Waals surface area contributed by atoms with Crippen LogP contribution in [0.4, 0.5) is 11.4 Å². The summed E-state index contributed by atoms with van der Waals surface area (Å²) >= 11 is 0. The number of hydrogen-bond acceptors (Lipinski definition) is 5. The second-order valence-corrected chi connectivity index (χ2v) is 3.69. The van der Waals surface area contributed by atoms with Crippen molar-refractivity contribution in [2.75, 3.05) is 30.8 Å². The largest absolute Gasteiger partial charge is 0.398 e. The first-order valence-electron chi connectivity index (χ1n) is 5.48. The summed E-state index contributed by atoms with van der Waals surface area (Å²) in [4.78, 5) is 10.4. The topological polar surface area (TPSA) is 114 Å². The van der Waals surface area contributed by atoms with Crippen molar-refractivity contribution >= 4 is 17.3 Å². The molecule has 1 aromatic rings. The molecule has 0 aromatic heterocycles. The quantitative estimate of drug-likeness (QED) is 0.472. The molecule has 5 N–H and O–H groups in total. The van der Waals surface area contributed by atoms with E-state index in [1.807, 2.05) is 12.1 Å². The Balaban J connectivity index is 2.41. The molecule has 0 aliphatic rings. The molecule has 0 unspecified atom stereocenters. The van der Waals surface area contributed by atoms with Crippen LogP contribution < -0.4 is 16.8 Å². The van der Waals surface area contributed by atoms with E-state index in [2.05, 4.69) is 11.4 Å². The van der Waals surface area contributed by atoms with Crippen molar-refractivity contribution in [2.45, 2.75) is 6.42 Å². The van der Waals surface area contributed by atoms with E-state index in [0.717, 1.165) is 11.3 Å². The first kappa shape index (κ1) is 13.8. The normalized spacial score (nSPS) is 9.72. The van der Waals surface area contributed by atoms with Crippen LogP contribution in [0.2, 0.25) is 0 Å². The molecule has 0 heterocycles. The highest BCUT2D eigenvalue weighted by Crippen LogP contribution is 2.17. The average Bonchev–Trinajstić information content (AvgIpc) is 2.32. The van der Waals surface area contributed by atoms with Crippen molar-refractivity contribution < 1.29 is 9.53 Å². The zero-order chi connectivity index (χ0) is 13.4. The van der Waals surface area contributed by atoms with Crippen LogP contribution in [0.15, 0.2) is 18.2 Å². The fourth-order valence-electron chi connectivity index (χ4n) is 1.39. The van der Waals surface area contributed by atoms with Gasteiger partial charge in [-0.3, -0.25) is 4.79 Å². The molecule has 0 spiro atoms. The maximum atomic E-state index is 10.4. The minimum Gasteiger partial charge on any atom is -0.398 e. The Morgan fingerprint density at radius 3 is 2.94 bits per heavy atom. The Morgan fingerprint density at radius 2 is 2.28 bits per heavy atom. The third kappa shape index (κ3) is 4.72. The maximum absolute atomic E-state index is 10.4. The van der Waals surface area contributed by atoms with Gasteiger partial charge in [-0.2, -0.15) is 5.26 Å². The van der Waals surface area contributed by atoms with Crippen LogP contribution in [0.25, 0.3) is 0 Å². The van der Waals surface area contributed by atoms with E-state index in [9.17, 15) is 4.79 Å². The number of benzene rings is 1. The van der Waals surface area contributed by atoms with Crippen LogP contribution in [-0.2, 0) is 16.0 Å². The predicted octanol–water partition coefficient (Wildman–Crippen LogP) is 0.249. The lowest BCUT2D eigenvalue weighted by molar-refractivity contribution is -0.122. The fraction of sp³-hybridized carbons (Fsp3) is 0.333. The molecule has 0 bridgehead atoms. The molecule has 0 saturated heterocycles. The smallest absolute Gasteiger partial charge is 0.243 e. The molecule has 0 atom stereocenters. The van der Waals surface area contributed by atoms with Gasteiger partial charge in [0, 0.05) is 17.9 Å². The standard InChI is InChI=1S/C12H16N4O2/c13-4-3-9-7-10(1-2-11(9)14)16-5-6-18-8-12(15)17/h1-2,7,16H,3,5-6,8,14H2,(H2,15,17). The van der Waals surface area contributed by atoms with Gasteiger partial charge < -0.3 is 21.5 Å². The number of amides is 1. The molecule has 18 heavy (non-hydrogen) atoms. The van der Waals surface area contributed by atoms with Gasteiger partial charge in [0.2, 0.25) is 5.91 Å². The van der Waals surface area contributed by atoms with Crippen molar-refractivity contribution in [1.29, 1.82) is 5.26 Å². The lowest BCUT2D eigenvalue weighted by Crippen LogP contribution is -2.20. The third-order valence-corrected chi connectivity index (χ3v) is 2.23. The van der Waals surface area contributed by atoms with E-state index >= 15 is 0 Å². The summed E-state index contributed by atoms with van der Waals surface area (Å²) in [6.45, 7) is 0.840. The number of hydrogen-bond donors (Lipinski definition) is 3. The van der Waals surface area contributed by atoms with Crippen molar-refractivity contribution in [3.05, 3.63) is 23.8 Å². The minimum atomic E-state index is -0.487. The van der Waals surface area contributed by atoms with E-state index < -0.39 is 5.91 Å². The summed E-state index contributed by atoms with van der Waals surface area (Å²) in [5.41, 5.74) is 12.9. The summed E-state index contributed by atoms with van der Waals surface area (Å²) in [5.74, 6) is -0.487. The molecule has 96 valence electrons. The Labute approximate surface area is 106 Å². The number of ether oxygens (including phenoxy) is 1. The van der Waals surface area contributed by atoms with Crippen molar-refractivity contribution in [1.82, 2.24) is 0 Å². The number of carbonyl (C=O) groups is 1. The van der Waals surface area contributed by atoms with Crippen molar-refractivity contribution in [3.63, 3.8) is 0 Å². The van der Waals surface area contributed by atoms with E-state index in [4.69, 9.17) is 21.5 Å². The first-order chi connectivity index (χ1) is 8.63. The predicted molar refractivity (Wildman–Crippen MR) is 68.7 cm³/mol. The Hall–Kier alpha value is -2.26. The minimum absolute atomic E-state index is 0.0803. The number of nitriles is 1. The molecule has 1 rings (SSSR count). The molecule has 1 aromatic carbocycles. The number of nitrogens with one attached hydrogen (secondary N) is 1. The lowest BCUT2D eigenvalue weighted by atomic mass is 10.1. The number of rotatable bonds is 7. The molecule has 0 aliphatic carbocycles. The monoisotopic (exact) mass is 248 g/mol. The van der Waals surface area contributed by atoms with Crippen molar-refractivity contribution in [3.8, 4) is 6.07 Å². The number of nitrogen functional groups attached to an aromatic ring is 1. The first-order valence-corrected chi connectivity index (χ1v) is 5.48. The molecule has 6 heteroatoms. The zero-order valence-electron chi connectivity index (χ0n) is 9.98. The van der Waals surface area contributed by atoms with Gasteiger partial charge in [0.15, 0.2) is 0 Å². The number of primary amides is 1. The zero-order valence-corrected chi connectivity index (χ0v) is 9.98. The van der Waals surface area contributed by atoms with Gasteiger partial charge in [0.05, 0.1) is 19.1 Å². The number of anilines is 2. The van der Waals surface area contributed by atoms with Crippen LogP contribution in [0.5, 0.6) is 0 Å². The van der Waals surface area contributed by atoms with Gasteiger partial charge in [0.25, 0.3) is 0 Å². The highest BCUT2D eigenvalue weighted by molar-refractivity contribution is 5.74. The van der Waals surface area contributed by atoms with Gasteiger partial charge in [-0.1, -0.05) is 0 Å². The van der Waals surface area contributed by atoms with Gasteiger partial charge in [-0.25, -0.2) is 0 Å². The fourth-order valence-corrected chi connectivity index (χ4v) is 1.39. The van der Waals surface area contributed by atoms with E-state index in [1.165, 1.54) is 0 Å². The second-order valence-electron chi connectivity index (χ2n) is 3.69. The summed E-state index contributed by atoms with van der Waals surface area (Å²) in [5, 5.41) is 11.7. The SMILES string of the molecule is N#CCc1cc(NCCOCC(N)=O)ccc1N. The van der Waals surface area contributed by atoms with Gasteiger partial charge in [0.1, 0.15) is 6.61 Å². The summed E-state index contributed by atoms with van der Waals surface area (Å²) in [6.07, 6.45) is 0.277. The number of carbonyl (C=O) groups excluding carboxylic acids is 1. The molecule has 1 amide bonds. The van der Waals surface area contributed by atoms with Gasteiger partial charge in [-0.05, 0) is 23.8 Å². The lowest BCUT2D eigenvalue weighted by Gasteiger charge is -2.09. The number of nitrogens with zero attached hydrogens (tertiary/aromatic N) is 1. The third-order valence-electron chi connectivity index (χ3n) is 2.23. The summed E-state index contributed by atoms with van der Waals surface area (Å²) in [7, 11) is 0. The molecular formula is C12H16N4O2. The molecule has 0 aliphatic heterocycles. The Bertz CT molecular complexity index is 454. The van der Waals surface area contributed by atoms with Crippen LogP contribution in [0.1, 0.15) is 5.56 Å². The summed E-state index contributed by atoms with van der Waals surface area (Å²) < 4.78 is 5.00. The van der Waals surface area contributed by atoms with Crippen LogP contribution >= 0.6 is 0 Å². The highest BCUT2D eigenvalue weighted by atomic mass is 16.5. The average molecular weight is 248 g/mol. The molecule has 0 radical (unpaired) electrons. The molecular weight excluding hydrogens is 232 g/mol. The van der Waals surface area contributed by atoms with Crippen molar-refractivity contribution in [2.24, 2.45) is 5.73 Å². The summed E-state index contributed by atoms with van der Waals surface area (Å²) in [6, 6.07) is 7.46. The van der Waals surface area contributed by atoms with E-state index in [-0.39, 0.29) is 13.0 Å². The highest BCUT2D eigenvalue weighted by Gasteiger charge is 2.00. The Morgan fingerprint density at radius 1 is 1.50 bits per heavy atom. The van der Waals surface area contributed by atoms with Crippen LogP contribution in [-0.4, -0.2) is 25.7 Å².